The van der Waals surface area contributed by atoms with Crippen LogP contribution in [0.15, 0.2) is 54.6 Å². The quantitative estimate of drug-likeness (QED) is 0.821. The van der Waals surface area contributed by atoms with Crippen molar-refractivity contribution in [2.75, 3.05) is 19.6 Å². The van der Waals surface area contributed by atoms with Crippen LogP contribution in [0.25, 0.3) is 5.57 Å². The lowest BCUT2D eigenvalue weighted by Gasteiger charge is -2.30. The predicted molar refractivity (Wildman–Crippen MR) is 113 cm³/mol. The average molecular weight is 376 g/mol. The van der Waals surface area contributed by atoms with Crippen LogP contribution in [0, 0.1) is 5.92 Å². The van der Waals surface area contributed by atoms with Crippen molar-refractivity contribution >= 4 is 11.5 Å². The minimum absolute atomic E-state index is 0.207. The number of carboxylic acids is 1. The smallest absolute Gasteiger partial charge is 0.307 e. The first-order chi connectivity index (χ1) is 13.6. The lowest BCUT2D eigenvalue weighted by atomic mass is 9.91. The second-order valence-corrected chi connectivity index (χ2v) is 8.23. The van der Waals surface area contributed by atoms with Crippen LogP contribution in [-0.4, -0.2) is 35.6 Å². The van der Waals surface area contributed by atoms with Gasteiger partial charge in [0.05, 0.1) is 5.92 Å². The number of rotatable bonds is 4. The fourth-order valence-electron chi connectivity index (χ4n) is 4.79. The number of benzene rings is 2. The van der Waals surface area contributed by atoms with E-state index in [0.717, 1.165) is 38.8 Å². The Bertz CT molecular complexity index is 886. The SMILES string of the molecule is CC1Cc2ccccc2C(=CCCN2CCCC(C(=O)O)C2)c2ccccc21. The lowest BCUT2D eigenvalue weighted by molar-refractivity contribution is -0.143. The van der Waals surface area contributed by atoms with E-state index in [1.165, 1.54) is 27.8 Å². The van der Waals surface area contributed by atoms with Crippen LogP contribution < -0.4 is 0 Å². The molecule has 2 unspecified atom stereocenters. The number of hydrogen-bond donors (Lipinski definition) is 1. The van der Waals surface area contributed by atoms with Gasteiger partial charge in [-0.15, -0.1) is 0 Å². The molecule has 0 bridgehead atoms. The van der Waals surface area contributed by atoms with Gasteiger partial charge in [0.1, 0.15) is 0 Å². The average Bonchev–Trinajstić information content (AvgIpc) is 2.83. The number of carbonyl (C=O) groups is 1. The first-order valence-electron chi connectivity index (χ1n) is 10.5. The van der Waals surface area contributed by atoms with E-state index >= 15 is 0 Å². The molecule has 1 saturated heterocycles. The molecule has 1 N–H and O–H groups in total. The summed E-state index contributed by atoms with van der Waals surface area (Å²) in [6, 6.07) is 17.6. The molecule has 0 aromatic heterocycles. The van der Waals surface area contributed by atoms with Crippen molar-refractivity contribution in [3.8, 4) is 0 Å². The van der Waals surface area contributed by atoms with Crippen LogP contribution >= 0.6 is 0 Å². The molecule has 0 saturated carbocycles. The van der Waals surface area contributed by atoms with Crippen LogP contribution in [0.4, 0.5) is 0 Å². The molecule has 0 amide bonds. The minimum atomic E-state index is -0.649. The highest BCUT2D eigenvalue weighted by Crippen LogP contribution is 2.38. The van der Waals surface area contributed by atoms with Crippen LogP contribution in [0.2, 0.25) is 0 Å². The second-order valence-electron chi connectivity index (χ2n) is 8.23. The molecular weight excluding hydrogens is 346 g/mol. The molecular formula is C25H29NO2. The molecule has 146 valence electrons. The predicted octanol–water partition coefficient (Wildman–Crippen LogP) is 4.96. The number of likely N-dealkylation sites (tertiary alicyclic amines) is 1. The van der Waals surface area contributed by atoms with Gasteiger partial charge >= 0.3 is 5.97 Å². The summed E-state index contributed by atoms with van der Waals surface area (Å²) >= 11 is 0. The van der Waals surface area contributed by atoms with Crippen molar-refractivity contribution in [1.82, 2.24) is 4.90 Å². The van der Waals surface area contributed by atoms with Crippen LogP contribution in [0.1, 0.15) is 54.4 Å². The zero-order chi connectivity index (χ0) is 19.5. The van der Waals surface area contributed by atoms with Gasteiger partial charge in [-0.2, -0.15) is 0 Å². The summed E-state index contributed by atoms with van der Waals surface area (Å²) in [5.74, 6) is -0.355. The maximum absolute atomic E-state index is 11.3. The molecule has 2 aromatic carbocycles. The third-order valence-electron chi connectivity index (χ3n) is 6.26. The fourth-order valence-corrected chi connectivity index (χ4v) is 4.79. The number of aliphatic carboxylic acids is 1. The Balaban J connectivity index is 1.59. The minimum Gasteiger partial charge on any atom is -0.481 e. The van der Waals surface area contributed by atoms with E-state index < -0.39 is 5.97 Å². The third kappa shape index (κ3) is 3.90. The summed E-state index contributed by atoms with van der Waals surface area (Å²) in [7, 11) is 0. The van der Waals surface area contributed by atoms with Gasteiger partial charge in [0.15, 0.2) is 0 Å². The van der Waals surface area contributed by atoms with Gasteiger partial charge in [-0.3, -0.25) is 4.79 Å². The van der Waals surface area contributed by atoms with Crippen molar-refractivity contribution in [1.29, 1.82) is 0 Å². The molecule has 4 rings (SSSR count). The normalized spacial score (nSPS) is 23.7. The number of hydrogen-bond acceptors (Lipinski definition) is 2. The molecule has 3 nitrogen and oxygen atoms in total. The van der Waals surface area contributed by atoms with Crippen molar-refractivity contribution in [2.24, 2.45) is 5.92 Å². The number of fused-ring (bicyclic) bond motifs is 2. The Morgan fingerprint density at radius 1 is 1.14 bits per heavy atom. The first-order valence-corrected chi connectivity index (χ1v) is 10.5. The van der Waals surface area contributed by atoms with Gasteiger partial charge in [-0.25, -0.2) is 0 Å². The van der Waals surface area contributed by atoms with Crippen molar-refractivity contribution in [2.45, 2.75) is 38.5 Å². The van der Waals surface area contributed by atoms with E-state index in [4.69, 9.17) is 0 Å². The summed E-state index contributed by atoms with van der Waals surface area (Å²) in [5, 5.41) is 9.32. The van der Waals surface area contributed by atoms with Crippen molar-refractivity contribution < 1.29 is 9.90 Å². The van der Waals surface area contributed by atoms with Gasteiger partial charge in [-0.05, 0) is 66.0 Å². The topological polar surface area (TPSA) is 40.5 Å². The summed E-state index contributed by atoms with van der Waals surface area (Å²) in [6.45, 7) is 4.94. The number of piperidine rings is 1. The largest absolute Gasteiger partial charge is 0.481 e. The summed E-state index contributed by atoms with van der Waals surface area (Å²) < 4.78 is 0. The standard InChI is InChI=1S/C25H29NO2/c1-18-16-19-8-2-3-11-22(19)24(23-12-5-4-10-21(18)23)13-7-15-26-14-6-9-20(17-26)25(27)28/h2-5,8,10-13,18,20H,6-7,9,14-17H2,1H3,(H,27,28). The Morgan fingerprint density at radius 2 is 1.89 bits per heavy atom. The van der Waals surface area contributed by atoms with Gasteiger partial charge < -0.3 is 10.0 Å². The highest BCUT2D eigenvalue weighted by Gasteiger charge is 2.25. The van der Waals surface area contributed by atoms with Crippen LogP contribution in [0.3, 0.4) is 0 Å². The Hall–Kier alpha value is -2.39. The molecule has 1 aliphatic carbocycles. The third-order valence-corrected chi connectivity index (χ3v) is 6.26. The molecule has 1 fully saturated rings. The zero-order valence-electron chi connectivity index (χ0n) is 16.6. The van der Waals surface area contributed by atoms with Crippen molar-refractivity contribution in [3.63, 3.8) is 0 Å². The molecule has 2 aromatic rings. The van der Waals surface area contributed by atoms with E-state index in [9.17, 15) is 9.90 Å². The van der Waals surface area contributed by atoms with E-state index in [0.29, 0.717) is 12.5 Å². The van der Waals surface area contributed by atoms with E-state index in [2.05, 4.69) is 66.4 Å². The van der Waals surface area contributed by atoms with E-state index in [1.54, 1.807) is 0 Å². The summed E-state index contributed by atoms with van der Waals surface area (Å²) in [6.07, 6.45) is 6.18. The summed E-state index contributed by atoms with van der Waals surface area (Å²) in [4.78, 5) is 13.6. The molecule has 0 spiro atoms. The Morgan fingerprint density at radius 3 is 2.71 bits per heavy atom. The van der Waals surface area contributed by atoms with Crippen LogP contribution in [-0.2, 0) is 11.2 Å². The molecule has 28 heavy (non-hydrogen) atoms. The van der Waals surface area contributed by atoms with Crippen molar-refractivity contribution in [3.05, 3.63) is 76.9 Å². The van der Waals surface area contributed by atoms with E-state index in [-0.39, 0.29) is 5.92 Å². The van der Waals surface area contributed by atoms with Gasteiger partial charge in [0.25, 0.3) is 0 Å². The molecule has 1 aliphatic heterocycles. The van der Waals surface area contributed by atoms with E-state index in [1.807, 2.05) is 0 Å². The monoisotopic (exact) mass is 375 g/mol. The maximum atomic E-state index is 11.3. The molecule has 2 atom stereocenters. The fraction of sp³-hybridized carbons (Fsp3) is 0.400. The molecule has 2 aliphatic rings. The second kappa shape index (κ2) is 8.32. The molecule has 1 heterocycles. The highest BCUT2D eigenvalue weighted by molar-refractivity contribution is 5.84. The number of carboxylic acid groups (broad SMARTS) is 1. The maximum Gasteiger partial charge on any atom is 0.307 e. The number of nitrogens with zero attached hydrogens (tertiary/aromatic N) is 1. The lowest BCUT2D eigenvalue weighted by Crippen LogP contribution is -2.39. The zero-order valence-corrected chi connectivity index (χ0v) is 16.6. The molecule has 3 heteroatoms. The van der Waals surface area contributed by atoms with Gasteiger partial charge in [0, 0.05) is 13.1 Å². The van der Waals surface area contributed by atoms with Gasteiger partial charge in [-0.1, -0.05) is 61.5 Å². The van der Waals surface area contributed by atoms with Gasteiger partial charge in [0.2, 0.25) is 0 Å². The first kappa shape index (κ1) is 18.9. The Labute approximate surface area is 167 Å². The Kier molecular flexibility index (Phi) is 5.63. The molecule has 0 radical (unpaired) electrons. The summed E-state index contributed by atoms with van der Waals surface area (Å²) in [5.41, 5.74) is 6.88. The highest BCUT2D eigenvalue weighted by atomic mass is 16.4. The van der Waals surface area contributed by atoms with Crippen LogP contribution in [0.5, 0.6) is 0 Å².